The van der Waals surface area contributed by atoms with Gasteiger partial charge in [-0.3, -0.25) is 0 Å². The van der Waals surface area contributed by atoms with Gasteiger partial charge in [0, 0.05) is 13.2 Å². The number of nitrogens with zero attached hydrogens (tertiary/aromatic N) is 3. The summed E-state index contributed by atoms with van der Waals surface area (Å²) in [5.41, 5.74) is 1.13. The van der Waals surface area contributed by atoms with Crippen LogP contribution in [0, 0.1) is 12.9 Å². The zero-order valence-corrected chi connectivity index (χ0v) is 13.9. The second-order valence-corrected chi connectivity index (χ2v) is 7.38. The number of aromatic nitrogens is 3. The number of hydrogen-bond acceptors (Lipinski definition) is 3. The second kappa shape index (κ2) is 5.50. The Bertz CT molecular complexity index is 975. The summed E-state index contributed by atoms with van der Waals surface area (Å²) < 4.78 is 41.8. The molecule has 0 N–H and O–H groups in total. The van der Waals surface area contributed by atoms with Gasteiger partial charge in [0.2, 0.25) is 5.95 Å². The largest absolute Gasteiger partial charge is 0.268 e. The molecule has 2 heterocycles. The van der Waals surface area contributed by atoms with Crippen LogP contribution in [0.4, 0.5) is 4.39 Å². The fourth-order valence-electron chi connectivity index (χ4n) is 2.23. The summed E-state index contributed by atoms with van der Waals surface area (Å²) in [6, 6.07) is 7.79. The van der Waals surface area contributed by atoms with Gasteiger partial charge in [-0.25, -0.2) is 17.1 Å². The van der Waals surface area contributed by atoms with Gasteiger partial charge in [-0.15, -0.1) is 0 Å². The van der Waals surface area contributed by atoms with E-state index in [4.69, 9.17) is 11.6 Å². The fourth-order valence-corrected chi connectivity index (χ4v) is 3.85. The van der Waals surface area contributed by atoms with E-state index in [1.54, 1.807) is 12.1 Å². The lowest BCUT2D eigenvalue weighted by molar-refractivity contribution is 0.506. The van der Waals surface area contributed by atoms with Crippen LogP contribution < -0.4 is 0 Å². The van der Waals surface area contributed by atoms with Crippen LogP contribution in [-0.2, 0) is 17.1 Å². The number of hydrogen-bond donors (Lipinski definition) is 0. The lowest BCUT2D eigenvalue weighted by Crippen LogP contribution is -2.13. The highest BCUT2D eigenvalue weighted by molar-refractivity contribution is 7.90. The van der Waals surface area contributed by atoms with Gasteiger partial charge in [0.1, 0.15) is 0 Å². The van der Waals surface area contributed by atoms with Crippen molar-refractivity contribution in [3.8, 4) is 11.3 Å². The molecule has 3 aromatic rings. The minimum Gasteiger partial charge on any atom is -0.242 e. The lowest BCUT2D eigenvalue weighted by Gasteiger charge is -2.10. The van der Waals surface area contributed by atoms with Crippen molar-refractivity contribution >= 4 is 21.6 Å². The predicted octanol–water partition coefficient (Wildman–Crippen LogP) is 3.23. The molecule has 0 spiro atoms. The SMILES string of the molecule is Cc1ccc(S(=O)(=O)n2cc(Cl)cc2-c2cnn(C)c2F)cc1. The van der Waals surface area contributed by atoms with Crippen LogP contribution in [0.15, 0.2) is 47.6 Å². The Labute approximate surface area is 138 Å². The van der Waals surface area contributed by atoms with Crippen LogP contribution in [0.5, 0.6) is 0 Å². The third kappa shape index (κ3) is 2.66. The van der Waals surface area contributed by atoms with Crippen LogP contribution in [-0.4, -0.2) is 22.2 Å². The van der Waals surface area contributed by atoms with Gasteiger partial charge in [-0.2, -0.15) is 9.49 Å². The Balaban J connectivity index is 2.21. The summed E-state index contributed by atoms with van der Waals surface area (Å²) in [6.45, 7) is 1.86. The molecule has 0 radical (unpaired) electrons. The summed E-state index contributed by atoms with van der Waals surface area (Å²) in [5.74, 6) is -0.639. The molecule has 8 heteroatoms. The molecule has 0 fully saturated rings. The Morgan fingerprint density at radius 1 is 1.22 bits per heavy atom. The van der Waals surface area contributed by atoms with Crippen LogP contribution in [0.25, 0.3) is 11.3 Å². The molecular weight excluding hydrogens is 341 g/mol. The molecule has 2 aromatic heterocycles. The van der Waals surface area contributed by atoms with Crippen molar-refractivity contribution in [2.45, 2.75) is 11.8 Å². The van der Waals surface area contributed by atoms with E-state index < -0.39 is 16.0 Å². The molecule has 0 bridgehead atoms. The topological polar surface area (TPSA) is 56.9 Å². The van der Waals surface area contributed by atoms with Gasteiger partial charge < -0.3 is 0 Å². The van der Waals surface area contributed by atoms with Gasteiger partial charge in [-0.1, -0.05) is 29.3 Å². The minimum atomic E-state index is -3.89. The van der Waals surface area contributed by atoms with Crippen LogP contribution in [0.1, 0.15) is 5.56 Å². The third-order valence-corrected chi connectivity index (χ3v) is 5.37. The Morgan fingerprint density at radius 2 is 1.87 bits per heavy atom. The van der Waals surface area contributed by atoms with Crippen LogP contribution >= 0.6 is 11.6 Å². The van der Waals surface area contributed by atoms with Crippen LogP contribution in [0.2, 0.25) is 5.02 Å². The van der Waals surface area contributed by atoms with Crippen molar-refractivity contribution < 1.29 is 12.8 Å². The molecular formula is C15H13ClFN3O2S. The number of aryl methyl sites for hydroxylation is 2. The van der Waals surface area contributed by atoms with E-state index in [9.17, 15) is 12.8 Å². The predicted molar refractivity (Wildman–Crippen MR) is 85.4 cm³/mol. The quantitative estimate of drug-likeness (QED) is 0.726. The van der Waals surface area contributed by atoms with Crippen molar-refractivity contribution in [1.29, 1.82) is 0 Å². The van der Waals surface area contributed by atoms with Crippen molar-refractivity contribution in [1.82, 2.24) is 13.8 Å². The first-order chi connectivity index (χ1) is 10.8. The minimum absolute atomic E-state index is 0.0649. The van der Waals surface area contributed by atoms with Crippen LogP contribution in [0.3, 0.4) is 0 Å². The van der Waals surface area contributed by atoms with E-state index in [-0.39, 0.29) is 21.2 Å². The highest BCUT2D eigenvalue weighted by atomic mass is 35.5. The smallest absolute Gasteiger partial charge is 0.242 e. The number of benzene rings is 1. The molecule has 0 amide bonds. The second-order valence-electron chi connectivity index (χ2n) is 5.13. The summed E-state index contributed by atoms with van der Waals surface area (Å²) in [7, 11) is -2.46. The maximum Gasteiger partial charge on any atom is 0.268 e. The van der Waals surface area contributed by atoms with Crippen molar-refractivity contribution in [3.63, 3.8) is 0 Å². The molecule has 0 aliphatic heterocycles. The first-order valence-electron chi connectivity index (χ1n) is 6.68. The summed E-state index contributed by atoms with van der Waals surface area (Å²) >= 11 is 5.96. The number of rotatable bonds is 3. The average molecular weight is 354 g/mol. The highest BCUT2D eigenvalue weighted by Gasteiger charge is 2.24. The first-order valence-corrected chi connectivity index (χ1v) is 8.50. The molecule has 0 aliphatic rings. The Hall–Kier alpha value is -2.12. The van der Waals surface area contributed by atoms with Gasteiger partial charge in [0.25, 0.3) is 10.0 Å². The number of halogens is 2. The van der Waals surface area contributed by atoms with E-state index in [1.807, 2.05) is 6.92 Å². The summed E-state index contributed by atoms with van der Waals surface area (Å²) in [6.07, 6.45) is 2.51. The molecule has 0 atom stereocenters. The van der Waals surface area contributed by atoms with E-state index in [1.165, 1.54) is 37.6 Å². The van der Waals surface area contributed by atoms with Gasteiger partial charge in [0.15, 0.2) is 0 Å². The lowest BCUT2D eigenvalue weighted by atomic mass is 10.2. The van der Waals surface area contributed by atoms with Crippen molar-refractivity contribution in [2.24, 2.45) is 7.05 Å². The fraction of sp³-hybridized carbons (Fsp3) is 0.133. The third-order valence-electron chi connectivity index (χ3n) is 3.47. The van der Waals surface area contributed by atoms with E-state index in [2.05, 4.69) is 5.10 Å². The zero-order chi connectivity index (χ0) is 16.8. The standard InChI is InChI=1S/C15H13ClFN3O2S/c1-10-3-5-12(6-4-10)23(21,22)20-9-11(16)7-14(20)13-8-18-19(2)15(13)17/h3-9H,1-2H3. The summed E-state index contributed by atoms with van der Waals surface area (Å²) in [4.78, 5) is 0.0981. The van der Waals surface area contributed by atoms with Gasteiger partial charge >= 0.3 is 0 Å². The van der Waals surface area contributed by atoms with E-state index >= 15 is 0 Å². The van der Waals surface area contributed by atoms with E-state index in [0.717, 1.165) is 14.2 Å². The molecule has 0 saturated carbocycles. The Morgan fingerprint density at radius 3 is 2.43 bits per heavy atom. The zero-order valence-electron chi connectivity index (χ0n) is 12.4. The normalized spacial score (nSPS) is 11.8. The molecule has 1 aromatic carbocycles. The monoisotopic (exact) mass is 353 g/mol. The van der Waals surface area contributed by atoms with Gasteiger partial charge in [-0.05, 0) is 25.1 Å². The van der Waals surface area contributed by atoms with E-state index in [0.29, 0.717) is 0 Å². The van der Waals surface area contributed by atoms with Gasteiger partial charge in [0.05, 0.1) is 27.4 Å². The molecule has 0 aliphatic carbocycles. The molecule has 23 heavy (non-hydrogen) atoms. The molecule has 0 saturated heterocycles. The molecule has 120 valence electrons. The molecule has 3 rings (SSSR count). The molecule has 5 nitrogen and oxygen atoms in total. The first kappa shape index (κ1) is 15.8. The van der Waals surface area contributed by atoms with Crippen molar-refractivity contribution in [3.05, 3.63) is 59.3 Å². The average Bonchev–Trinajstić information content (AvgIpc) is 3.04. The maximum absolute atomic E-state index is 14.1. The van der Waals surface area contributed by atoms with Crippen molar-refractivity contribution in [2.75, 3.05) is 0 Å². The Kier molecular flexibility index (Phi) is 3.77. The molecule has 0 unspecified atom stereocenters. The highest BCUT2D eigenvalue weighted by Crippen LogP contribution is 2.30. The maximum atomic E-state index is 14.1. The summed E-state index contributed by atoms with van der Waals surface area (Å²) in [5, 5.41) is 3.99.